The van der Waals surface area contributed by atoms with Crippen LogP contribution in [0, 0.1) is 0 Å². The normalized spacial score (nSPS) is 12.6. The van der Waals surface area contributed by atoms with Crippen LogP contribution in [0.4, 0.5) is 5.69 Å². The Morgan fingerprint density at radius 1 is 1.32 bits per heavy atom. The van der Waals surface area contributed by atoms with Crippen molar-refractivity contribution in [1.29, 1.82) is 0 Å². The number of nitrogens with one attached hydrogen (secondary N) is 1. The van der Waals surface area contributed by atoms with Crippen molar-refractivity contribution in [2.24, 2.45) is 5.73 Å². The Balaban J connectivity index is 0.000000711. The molecule has 0 aliphatic rings. The van der Waals surface area contributed by atoms with Crippen LogP contribution < -0.4 is 15.4 Å². The average molecular weight is 334 g/mol. The number of benzene rings is 1. The molecule has 1 atom stereocenters. The van der Waals surface area contributed by atoms with Gasteiger partial charge >= 0.3 is 88.4 Å². The number of carbonyl (C=O) groups is 2. The molecule has 1 aromatic carbocycles. The molecule has 0 heterocycles. The fourth-order valence-electron chi connectivity index (χ4n) is 1.06. The molecule has 19 heavy (non-hydrogen) atoms. The topological polar surface area (TPSA) is 139 Å². The van der Waals surface area contributed by atoms with Crippen LogP contribution in [0.3, 0.4) is 0 Å². The van der Waals surface area contributed by atoms with Gasteiger partial charge in [0.1, 0.15) is 0 Å². The van der Waals surface area contributed by atoms with Gasteiger partial charge in [-0.15, -0.1) is 0 Å². The first-order chi connectivity index (χ1) is 8.70. The van der Waals surface area contributed by atoms with Crippen LogP contribution in [0.2, 0.25) is 0 Å². The standard InChI is InChI=1S/C8H10AsNO5.C2H5NO/c1-6(11)10-8-5-3-2-4-7(8)9(12,13)15-14;1-2(3)4/h2-5,14H,1H3,(H,10,11)(H,12,13);1H3,(H2,3,4). The predicted molar refractivity (Wildman–Crippen MR) is 67.6 cm³/mol. The molecule has 0 radical (unpaired) electrons. The maximum Gasteiger partial charge on any atom is 0.214 e. The molecule has 2 amide bonds. The fraction of sp³-hybridized carbons (Fsp3) is 0.200. The Kier molecular flexibility index (Phi) is 7.10. The van der Waals surface area contributed by atoms with Gasteiger partial charge in [-0.1, -0.05) is 0 Å². The summed E-state index contributed by atoms with van der Waals surface area (Å²) in [6, 6.07) is 5.84. The second kappa shape index (κ2) is 7.75. The first-order valence-corrected chi connectivity index (χ1v) is 8.31. The van der Waals surface area contributed by atoms with Crippen LogP contribution >= 0.6 is 0 Å². The van der Waals surface area contributed by atoms with Crippen molar-refractivity contribution >= 4 is 36.0 Å². The van der Waals surface area contributed by atoms with E-state index in [9.17, 15) is 17.4 Å². The molecule has 0 aliphatic heterocycles. The van der Waals surface area contributed by atoms with E-state index in [0.717, 1.165) is 0 Å². The third-order valence-electron chi connectivity index (χ3n) is 1.63. The van der Waals surface area contributed by atoms with E-state index in [1.165, 1.54) is 32.0 Å². The summed E-state index contributed by atoms with van der Waals surface area (Å²) in [5, 5.41) is 10.7. The molecule has 8 nitrogen and oxygen atoms in total. The first kappa shape index (κ1) is 17.4. The van der Waals surface area contributed by atoms with Crippen molar-refractivity contribution in [3.63, 3.8) is 0 Å². The number of hydrogen-bond donors (Lipinski definition) is 4. The molecule has 106 valence electrons. The molecule has 5 N–H and O–H groups in total. The minimum atomic E-state index is -4.92. The van der Waals surface area contributed by atoms with Crippen molar-refractivity contribution in [2.45, 2.75) is 13.8 Å². The Morgan fingerprint density at radius 2 is 1.79 bits per heavy atom. The number of carbonyl (C=O) groups excluding carboxylic acids is 2. The molecule has 0 saturated carbocycles. The van der Waals surface area contributed by atoms with Crippen molar-refractivity contribution in [1.82, 2.24) is 0 Å². The quantitative estimate of drug-likeness (QED) is 0.324. The summed E-state index contributed by atoms with van der Waals surface area (Å²) in [5.41, 5.74) is 4.63. The molecule has 0 aliphatic carbocycles. The van der Waals surface area contributed by atoms with Gasteiger partial charge in [0.2, 0.25) is 5.91 Å². The summed E-state index contributed by atoms with van der Waals surface area (Å²) >= 11 is -4.92. The van der Waals surface area contributed by atoms with Crippen molar-refractivity contribution in [3.8, 4) is 0 Å². The Morgan fingerprint density at radius 3 is 2.21 bits per heavy atom. The van der Waals surface area contributed by atoms with Crippen LogP contribution in [0.15, 0.2) is 24.3 Å². The minimum Gasteiger partial charge on any atom is -0.370 e. The van der Waals surface area contributed by atoms with Crippen molar-refractivity contribution < 1.29 is 26.6 Å². The number of amides is 2. The summed E-state index contributed by atoms with van der Waals surface area (Å²) in [7, 11) is 0. The fourth-order valence-corrected chi connectivity index (χ4v) is 2.73. The third kappa shape index (κ3) is 6.78. The van der Waals surface area contributed by atoms with E-state index in [1.54, 1.807) is 6.07 Å². The molecule has 0 bridgehead atoms. The number of nitrogens with two attached hydrogens (primary N) is 1. The maximum absolute atomic E-state index is 11.4. The molecule has 0 saturated heterocycles. The Bertz CT molecular complexity index is 501. The molecule has 0 aromatic heterocycles. The van der Waals surface area contributed by atoms with Crippen LogP contribution in [-0.2, 0) is 17.2 Å². The van der Waals surface area contributed by atoms with E-state index >= 15 is 0 Å². The predicted octanol–water partition coefficient (Wildman–Crippen LogP) is -0.805. The molecule has 1 rings (SSSR count). The molecule has 1 aromatic rings. The number of primary amides is 1. The summed E-state index contributed by atoms with van der Waals surface area (Å²) in [6.45, 7) is 2.58. The van der Waals surface area contributed by atoms with E-state index in [4.69, 9.17) is 5.26 Å². The summed E-state index contributed by atoms with van der Waals surface area (Å²) in [6.07, 6.45) is 0. The second-order valence-electron chi connectivity index (χ2n) is 3.41. The number of anilines is 1. The Hall–Kier alpha value is -1.60. The SMILES string of the molecule is CC(=O)Nc1ccccc1[As](=O)(O)OO.CC(N)=O. The summed E-state index contributed by atoms with van der Waals surface area (Å²) in [5.74, 6) is -0.712. The van der Waals surface area contributed by atoms with Gasteiger partial charge in [0.05, 0.1) is 0 Å². The molecule has 0 spiro atoms. The molecule has 9 heteroatoms. The first-order valence-electron chi connectivity index (χ1n) is 5.00. The zero-order valence-corrected chi connectivity index (χ0v) is 12.2. The smallest absolute Gasteiger partial charge is 0.214 e. The molecule has 0 fully saturated rings. The van der Waals surface area contributed by atoms with Crippen LogP contribution in [0.1, 0.15) is 13.8 Å². The maximum atomic E-state index is 11.4. The van der Waals surface area contributed by atoms with Gasteiger partial charge in [-0.05, 0) is 0 Å². The van der Waals surface area contributed by atoms with Gasteiger partial charge in [0.25, 0.3) is 0 Å². The van der Waals surface area contributed by atoms with Gasteiger partial charge in [-0.3, -0.25) is 4.79 Å². The van der Waals surface area contributed by atoms with Gasteiger partial charge < -0.3 is 5.73 Å². The zero-order chi connectivity index (χ0) is 15.1. The number of rotatable bonds is 3. The van der Waals surface area contributed by atoms with Crippen LogP contribution in [-0.4, -0.2) is 35.3 Å². The van der Waals surface area contributed by atoms with Crippen molar-refractivity contribution in [2.75, 3.05) is 5.32 Å². The second-order valence-corrected chi connectivity index (χ2v) is 6.95. The largest absolute Gasteiger partial charge is 0.370 e. The van der Waals surface area contributed by atoms with E-state index in [-0.39, 0.29) is 21.9 Å². The van der Waals surface area contributed by atoms with Gasteiger partial charge in [0, 0.05) is 6.92 Å². The average Bonchev–Trinajstić information content (AvgIpc) is 2.28. The van der Waals surface area contributed by atoms with Gasteiger partial charge in [-0.2, -0.15) is 0 Å². The molecular formula is C10H15AsN2O6. The van der Waals surface area contributed by atoms with E-state index < -0.39 is 14.2 Å². The van der Waals surface area contributed by atoms with E-state index in [0.29, 0.717) is 0 Å². The van der Waals surface area contributed by atoms with E-state index in [1.807, 2.05) is 0 Å². The Labute approximate surface area is 112 Å². The zero-order valence-electron chi connectivity index (χ0n) is 10.4. The summed E-state index contributed by atoms with van der Waals surface area (Å²) in [4.78, 5) is 20.0. The van der Waals surface area contributed by atoms with Gasteiger partial charge in [0.15, 0.2) is 0 Å². The number of para-hydroxylation sites is 1. The molecule has 1 unspecified atom stereocenters. The third-order valence-corrected chi connectivity index (χ3v) is 4.19. The van der Waals surface area contributed by atoms with Gasteiger partial charge in [-0.25, -0.2) is 0 Å². The van der Waals surface area contributed by atoms with Crippen molar-refractivity contribution in [3.05, 3.63) is 24.3 Å². The van der Waals surface area contributed by atoms with E-state index in [2.05, 4.69) is 14.9 Å². The summed E-state index contributed by atoms with van der Waals surface area (Å²) < 4.78 is 24.1. The molecular weight excluding hydrogens is 319 g/mol. The van der Waals surface area contributed by atoms with Crippen LogP contribution in [0.5, 0.6) is 0 Å². The minimum absolute atomic E-state index is 0.103. The monoisotopic (exact) mass is 334 g/mol. The van der Waals surface area contributed by atoms with Crippen LogP contribution in [0.25, 0.3) is 0 Å². The number of hydrogen-bond acceptors (Lipinski definition) is 5.